The van der Waals surface area contributed by atoms with Gasteiger partial charge in [-0.25, -0.2) is 4.39 Å². The van der Waals surface area contributed by atoms with E-state index in [1.54, 1.807) is 24.3 Å². The van der Waals surface area contributed by atoms with Gasteiger partial charge in [0.05, 0.1) is 0 Å². The van der Waals surface area contributed by atoms with Crippen molar-refractivity contribution in [1.29, 1.82) is 0 Å². The zero-order chi connectivity index (χ0) is 14.8. The van der Waals surface area contributed by atoms with Gasteiger partial charge in [-0.05, 0) is 37.3 Å². The lowest BCUT2D eigenvalue weighted by Crippen LogP contribution is -2.23. The number of fused-ring (bicyclic) bond motifs is 1. The SMILES string of the molecule is Cc1cc2cc(C(=O)NCc3ccccc3F)ccc2[nH]1. The number of carbonyl (C=O) groups excluding carboxylic acids is 1. The van der Waals surface area contributed by atoms with Crippen LogP contribution in [0.2, 0.25) is 0 Å². The molecule has 1 amide bonds. The Morgan fingerprint density at radius 3 is 2.81 bits per heavy atom. The minimum absolute atomic E-state index is 0.176. The third-order valence-corrected chi connectivity index (χ3v) is 3.41. The normalized spacial score (nSPS) is 10.8. The number of benzene rings is 2. The van der Waals surface area contributed by atoms with Crippen LogP contribution in [0.5, 0.6) is 0 Å². The summed E-state index contributed by atoms with van der Waals surface area (Å²) < 4.78 is 13.5. The molecule has 21 heavy (non-hydrogen) atoms. The molecule has 1 aromatic heterocycles. The van der Waals surface area contributed by atoms with E-state index in [4.69, 9.17) is 0 Å². The van der Waals surface area contributed by atoms with Gasteiger partial charge in [-0.3, -0.25) is 4.79 Å². The predicted molar refractivity (Wildman–Crippen MR) is 80.6 cm³/mol. The van der Waals surface area contributed by atoms with E-state index in [2.05, 4.69) is 10.3 Å². The fourth-order valence-electron chi connectivity index (χ4n) is 2.34. The molecule has 0 unspecified atom stereocenters. The second-order valence-electron chi connectivity index (χ2n) is 5.03. The zero-order valence-corrected chi connectivity index (χ0v) is 11.6. The molecule has 0 spiro atoms. The summed E-state index contributed by atoms with van der Waals surface area (Å²) in [6, 6.07) is 13.9. The maximum Gasteiger partial charge on any atom is 0.251 e. The Morgan fingerprint density at radius 1 is 1.19 bits per heavy atom. The predicted octanol–water partition coefficient (Wildman–Crippen LogP) is 3.55. The van der Waals surface area contributed by atoms with Crippen LogP contribution in [0.4, 0.5) is 4.39 Å². The molecule has 0 saturated carbocycles. The van der Waals surface area contributed by atoms with Crippen molar-refractivity contribution in [3.8, 4) is 0 Å². The molecule has 2 aromatic carbocycles. The lowest BCUT2D eigenvalue weighted by Gasteiger charge is -2.06. The van der Waals surface area contributed by atoms with Crippen LogP contribution < -0.4 is 5.32 Å². The number of aromatic nitrogens is 1. The van der Waals surface area contributed by atoms with Crippen LogP contribution in [-0.2, 0) is 6.54 Å². The van der Waals surface area contributed by atoms with Crippen LogP contribution in [0, 0.1) is 12.7 Å². The number of aryl methyl sites for hydroxylation is 1. The van der Waals surface area contributed by atoms with Crippen molar-refractivity contribution in [3.63, 3.8) is 0 Å². The molecule has 3 rings (SSSR count). The third-order valence-electron chi connectivity index (χ3n) is 3.41. The maximum absolute atomic E-state index is 13.5. The van der Waals surface area contributed by atoms with Gasteiger partial charge in [0.1, 0.15) is 5.82 Å². The molecule has 0 aliphatic carbocycles. The van der Waals surface area contributed by atoms with Gasteiger partial charge in [0.2, 0.25) is 0 Å². The van der Waals surface area contributed by atoms with Crippen molar-refractivity contribution in [2.75, 3.05) is 0 Å². The summed E-state index contributed by atoms with van der Waals surface area (Å²) in [5.41, 5.74) is 3.09. The molecule has 0 bridgehead atoms. The molecule has 0 atom stereocenters. The average molecular weight is 282 g/mol. The van der Waals surface area contributed by atoms with E-state index in [0.717, 1.165) is 16.6 Å². The molecular formula is C17H15FN2O. The smallest absolute Gasteiger partial charge is 0.251 e. The second-order valence-corrected chi connectivity index (χ2v) is 5.03. The number of rotatable bonds is 3. The van der Waals surface area contributed by atoms with Gasteiger partial charge in [0.25, 0.3) is 5.91 Å². The number of hydrogen-bond donors (Lipinski definition) is 2. The molecule has 2 N–H and O–H groups in total. The summed E-state index contributed by atoms with van der Waals surface area (Å²) >= 11 is 0. The molecule has 106 valence electrons. The van der Waals surface area contributed by atoms with Crippen LogP contribution in [0.25, 0.3) is 10.9 Å². The lowest BCUT2D eigenvalue weighted by atomic mass is 10.1. The highest BCUT2D eigenvalue weighted by Gasteiger charge is 2.08. The number of nitrogens with one attached hydrogen (secondary N) is 2. The van der Waals surface area contributed by atoms with Gasteiger partial charge >= 0.3 is 0 Å². The van der Waals surface area contributed by atoms with E-state index in [-0.39, 0.29) is 18.3 Å². The Balaban J connectivity index is 1.76. The Bertz CT molecular complexity index is 807. The van der Waals surface area contributed by atoms with Gasteiger partial charge in [0.15, 0.2) is 0 Å². The van der Waals surface area contributed by atoms with E-state index in [0.29, 0.717) is 11.1 Å². The first-order valence-electron chi connectivity index (χ1n) is 6.74. The van der Waals surface area contributed by atoms with E-state index < -0.39 is 0 Å². The molecule has 3 aromatic rings. The molecule has 0 saturated heterocycles. The van der Waals surface area contributed by atoms with Crippen molar-refractivity contribution in [2.24, 2.45) is 0 Å². The summed E-state index contributed by atoms with van der Waals surface area (Å²) in [6.45, 7) is 2.15. The van der Waals surface area contributed by atoms with Gasteiger partial charge < -0.3 is 10.3 Å². The molecule has 0 aliphatic rings. The highest BCUT2D eigenvalue weighted by Crippen LogP contribution is 2.17. The number of amides is 1. The van der Waals surface area contributed by atoms with Crippen LogP contribution in [0.15, 0.2) is 48.5 Å². The van der Waals surface area contributed by atoms with Crippen molar-refractivity contribution < 1.29 is 9.18 Å². The fraction of sp³-hybridized carbons (Fsp3) is 0.118. The first-order valence-corrected chi connectivity index (χ1v) is 6.74. The Kier molecular flexibility index (Phi) is 3.44. The van der Waals surface area contributed by atoms with Crippen LogP contribution in [0.3, 0.4) is 0 Å². The minimum Gasteiger partial charge on any atom is -0.359 e. The summed E-state index contributed by atoms with van der Waals surface area (Å²) in [5, 5.41) is 3.73. The Hall–Kier alpha value is -2.62. The van der Waals surface area contributed by atoms with Crippen LogP contribution >= 0.6 is 0 Å². The first kappa shape index (κ1) is 13.4. The van der Waals surface area contributed by atoms with Gasteiger partial charge in [0, 0.05) is 34.3 Å². The fourth-order valence-corrected chi connectivity index (χ4v) is 2.34. The van der Waals surface area contributed by atoms with Gasteiger partial charge in [-0.1, -0.05) is 18.2 Å². The molecule has 1 heterocycles. The molecule has 0 fully saturated rings. The minimum atomic E-state index is -0.311. The summed E-state index contributed by atoms with van der Waals surface area (Å²) in [5.74, 6) is -0.520. The number of hydrogen-bond acceptors (Lipinski definition) is 1. The number of H-pyrrole nitrogens is 1. The standard InChI is InChI=1S/C17H15FN2O/c1-11-8-14-9-12(6-7-16(14)20-11)17(21)19-10-13-4-2-3-5-15(13)18/h2-9,20H,10H2,1H3,(H,19,21). The Labute approximate surface area is 121 Å². The number of aromatic amines is 1. The highest BCUT2D eigenvalue weighted by molar-refractivity contribution is 5.98. The van der Waals surface area contributed by atoms with E-state index >= 15 is 0 Å². The van der Waals surface area contributed by atoms with E-state index in [1.165, 1.54) is 6.07 Å². The van der Waals surface area contributed by atoms with Crippen LogP contribution in [-0.4, -0.2) is 10.9 Å². The Morgan fingerprint density at radius 2 is 2.00 bits per heavy atom. The van der Waals surface area contributed by atoms with E-state index in [1.807, 2.05) is 25.1 Å². The first-order chi connectivity index (χ1) is 10.1. The van der Waals surface area contributed by atoms with Crippen molar-refractivity contribution in [2.45, 2.75) is 13.5 Å². The molecule has 3 nitrogen and oxygen atoms in total. The monoisotopic (exact) mass is 282 g/mol. The van der Waals surface area contributed by atoms with E-state index in [9.17, 15) is 9.18 Å². The third kappa shape index (κ3) is 2.79. The number of carbonyl (C=O) groups is 1. The average Bonchev–Trinajstić information content (AvgIpc) is 2.85. The van der Waals surface area contributed by atoms with Crippen molar-refractivity contribution in [3.05, 3.63) is 71.2 Å². The molecular weight excluding hydrogens is 267 g/mol. The summed E-state index contributed by atoms with van der Waals surface area (Å²) in [7, 11) is 0. The van der Waals surface area contributed by atoms with Gasteiger partial charge in [-0.2, -0.15) is 0 Å². The van der Waals surface area contributed by atoms with Crippen molar-refractivity contribution in [1.82, 2.24) is 10.3 Å². The summed E-state index contributed by atoms with van der Waals surface area (Å²) in [6.07, 6.45) is 0. The largest absolute Gasteiger partial charge is 0.359 e. The van der Waals surface area contributed by atoms with Crippen LogP contribution in [0.1, 0.15) is 21.6 Å². The van der Waals surface area contributed by atoms with Crippen molar-refractivity contribution >= 4 is 16.8 Å². The lowest BCUT2D eigenvalue weighted by molar-refractivity contribution is 0.0950. The summed E-state index contributed by atoms with van der Waals surface area (Å²) in [4.78, 5) is 15.3. The second kappa shape index (κ2) is 5.40. The topological polar surface area (TPSA) is 44.9 Å². The maximum atomic E-state index is 13.5. The number of halogens is 1. The van der Waals surface area contributed by atoms with Gasteiger partial charge in [-0.15, -0.1) is 0 Å². The zero-order valence-electron chi connectivity index (χ0n) is 11.6. The highest BCUT2D eigenvalue weighted by atomic mass is 19.1. The molecule has 0 aliphatic heterocycles. The quantitative estimate of drug-likeness (QED) is 0.758. The molecule has 0 radical (unpaired) electrons. The molecule has 4 heteroatoms.